The second kappa shape index (κ2) is 1.53. The Hall–Kier alpha value is -1.16. The predicted octanol–water partition coefficient (Wildman–Crippen LogP) is 0.921. The maximum atomic E-state index is 11.0. The van der Waals surface area contributed by atoms with E-state index in [1.165, 1.54) is 0 Å². The second-order valence-corrected chi connectivity index (χ2v) is 3.66. The zero-order valence-corrected chi connectivity index (χ0v) is 6.34. The molecule has 3 nitrogen and oxygen atoms in total. The number of imidazole rings is 1. The summed E-state index contributed by atoms with van der Waals surface area (Å²) in [6.07, 6.45) is 0. The molecule has 1 aromatic carbocycles. The van der Waals surface area contributed by atoms with Crippen LogP contribution in [0.15, 0.2) is 29.4 Å². The Morgan fingerprint density at radius 2 is 2.18 bits per heavy atom. The molecule has 0 radical (unpaired) electrons. The maximum absolute atomic E-state index is 11.0. The number of rotatable bonds is 0. The smallest absolute Gasteiger partial charge is 0.227 e. The summed E-state index contributed by atoms with van der Waals surface area (Å²) in [5.74, 6) is 0. The van der Waals surface area contributed by atoms with Gasteiger partial charge >= 0.3 is 0 Å². The number of fused-ring (bicyclic) bond motifs is 3. The predicted molar refractivity (Wildman–Crippen MR) is 41.5 cm³/mol. The lowest BCUT2D eigenvalue weighted by atomic mass is 10.3. The lowest BCUT2D eigenvalue weighted by Gasteiger charge is -1.86. The molecule has 0 saturated heterocycles. The van der Waals surface area contributed by atoms with Crippen molar-refractivity contribution >= 4 is 22.0 Å². The van der Waals surface area contributed by atoms with E-state index in [1.54, 1.807) is 3.97 Å². The minimum atomic E-state index is -0.935. The van der Waals surface area contributed by atoms with E-state index in [2.05, 4.69) is 4.98 Å². The number of para-hydroxylation sites is 2. The van der Waals surface area contributed by atoms with Crippen molar-refractivity contribution in [1.82, 2.24) is 8.96 Å². The molecule has 0 spiro atoms. The Morgan fingerprint density at radius 1 is 1.36 bits per heavy atom. The average molecular weight is 164 g/mol. The highest BCUT2D eigenvalue weighted by Gasteiger charge is 2.33. The van der Waals surface area contributed by atoms with Crippen molar-refractivity contribution in [2.45, 2.75) is 5.16 Å². The lowest BCUT2D eigenvalue weighted by Crippen LogP contribution is -1.77. The molecule has 0 fully saturated rings. The fourth-order valence-corrected chi connectivity index (χ4v) is 2.19. The minimum absolute atomic E-state index is 0.700. The van der Waals surface area contributed by atoms with Crippen LogP contribution in [0.5, 0.6) is 0 Å². The van der Waals surface area contributed by atoms with Crippen LogP contribution in [0.4, 0.5) is 0 Å². The summed E-state index contributed by atoms with van der Waals surface area (Å²) < 4.78 is 12.7. The van der Waals surface area contributed by atoms with Crippen LogP contribution in [-0.2, 0) is 11.0 Å². The summed E-state index contributed by atoms with van der Waals surface area (Å²) >= 11 is 0. The van der Waals surface area contributed by atoms with E-state index in [9.17, 15) is 4.21 Å². The summed E-state index contributed by atoms with van der Waals surface area (Å²) in [4.78, 5) is 4.15. The van der Waals surface area contributed by atoms with E-state index in [0.717, 1.165) is 11.0 Å². The molecular weight excluding hydrogens is 160 g/mol. The molecule has 1 unspecified atom stereocenters. The third kappa shape index (κ3) is 0.534. The van der Waals surface area contributed by atoms with Crippen LogP contribution in [-0.4, -0.2) is 13.2 Å². The molecule has 11 heavy (non-hydrogen) atoms. The van der Waals surface area contributed by atoms with Gasteiger partial charge in [0.05, 0.1) is 11.0 Å². The largest absolute Gasteiger partial charge is 0.234 e. The number of benzene rings is 1. The van der Waals surface area contributed by atoms with Crippen LogP contribution in [0.2, 0.25) is 0 Å². The minimum Gasteiger partial charge on any atom is -0.227 e. The summed E-state index contributed by atoms with van der Waals surface area (Å²) in [6, 6.07) is 7.70. The van der Waals surface area contributed by atoms with E-state index in [-0.39, 0.29) is 0 Å². The van der Waals surface area contributed by atoms with Crippen LogP contribution in [0, 0.1) is 0 Å². The van der Waals surface area contributed by atoms with Gasteiger partial charge in [-0.3, -0.25) is 0 Å². The molecule has 54 valence electrons. The highest BCUT2D eigenvalue weighted by molar-refractivity contribution is 7.89. The molecule has 3 rings (SSSR count). The van der Waals surface area contributed by atoms with Gasteiger partial charge in [-0.25, -0.2) is 13.2 Å². The van der Waals surface area contributed by atoms with Crippen LogP contribution >= 0.6 is 0 Å². The summed E-state index contributed by atoms with van der Waals surface area (Å²) in [5.41, 5.74) is 1.91. The molecular formula is C7H4N2OS. The van der Waals surface area contributed by atoms with Crippen LogP contribution < -0.4 is 0 Å². The Balaban J connectivity index is 2.55. The Labute approximate surface area is 65.3 Å². The Morgan fingerprint density at radius 3 is 3.09 bits per heavy atom. The SMILES string of the molecule is O=S1c2nc3ccccc3n21. The fraction of sp³-hybridized carbons (Fsp3) is 0. The molecule has 2 aromatic rings. The average Bonchev–Trinajstić information content (AvgIpc) is 2.55. The first-order valence-corrected chi connectivity index (χ1v) is 4.38. The third-order valence-corrected chi connectivity index (χ3v) is 2.89. The molecule has 0 N–H and O–H groups in total. The number of nitrogens with zero attached hydrogens (tertiary/aromatic N) is 2. The molecule has 0 amide bonds. The highest BCUT2D eigenvalue weighted by Crippen LogP contribution is 2.30. The van der Waals surface area contributed by atoms with Crippen molar-refractivity contribution in [2.24, 2.45) is 0 Å². The van der Waals surface area contributed by atoms with E-state index in [0.29, 0.717) is 5.16 Å². The molecule has 0 aliphatic carbocycles. The van der Waals surface area contributed by atoms with Gasteiger partial charge in [0.1, 0.15) is 0 Å². The van der Waals surface area contributed by atoms with E-state index < -0.39 is 11.0 Å². The van der Waals surface area contributed by atoms with Gasteiger partial charge in [0.25, 0.3) is 0 Å². The first-order chi connectivity index (χ1) is 5.38. The van der Waals surface area contributed by atoms with Gasteiger partial charge in [0, 0.05) is 0 Å². The summed E-state index contributed by atoms with van der Waals surface area (Å²) in [6.45, 7) is 0. The van der Waals surface area contributed by atoms with Gasteiger partial charge in [-0.05, 0) is 12.1 Å². The van der Waals surface area contributed by atoms with E-state index in [4.69, 9.17) is 0 Å². The fourth-order valence-electron chi connectivity index (χ4n) is 1.22. The number of hydrogen-bond donors (Lipinski definition) is 0. The zero-order valence-electron chi connectivity index (χ0n) is 5.52. The van der Waals surface area contributed by atoms with Gasteiger partial charge in [0.15, 0.2) is 11.0 Å². The van der Waals surface area contributed by atoms with Gasteiger partial charge in [-0.2, -0.15) is 0 Å². The Bertz CT molecular complexity index is 474. The molecule has 1 aliphatic rings. The van der Waals surface area contributed by atoms with Crippen molar-refractivity contribution < 1.29 is 4.21 Å². The van der Waals surface area contributed by atoms with Crippen molar-refractivity contribution in [3.63, 3.8) is 0 Å². The van der Waals surface area contributed by atoms with Crippen LogP contribution in [0.1, 0.15) is 0 Å². The molecule has 0 saturated carbocycles. The molecule has 4 heteroatoms. The molecule has 1 aliphatic heterocycles. The number of aromatic nitrogens is 2. The van der Waals surface area contributed by atoms with Crippen molar-refractivity contribution in [3.05, 3.63) is 24.3 Å². The zero-order chi connectivity index (χ0) is 7.42. The second-order valence-electron chi connectivity index (χ2n) is 2.43. The molecule has 1 aromatic heterocycles. The highest BCUT2D eigenvalue weighted by atomic mass is 32.2. The van der Waals surface area contributed by atoms with Crippen LogP contribution in [0.3, 0.4) is 0 Å². The normalized spacial score (nSPS) is 20.2. The van der Waals surface area contributed by atoms with Gasteiger partial charge < -0.3 is 0 Å². The number of hydrogen-bond acceptors (Lipinski definition) is 2. The molecule has 2 heterocycles. The molecule has 0 bridgehead atoms. The molecule has 1 atom stereocenters. The monoisotopic (exact) mass is 164 g/mol. The van der Waals surface area contributed by atoms with Gasteiger partial charge in [-0.1, -0.05) is 12.1 Å². The standard InChI is InChI=1S/C7H4N2OS/c10-11-7-8-5-3-1-2-4-6(5)9(7)11/h1-4H. The van der Waals surface area contributed by atoms with E-state index >= 15 is 0 Å². The summed E-state index contributed by atoms with van der Waals surface area (Å²) in [5, 5.41) is 0.700. The Kier molecular flexibility index (Phi) is 0.763. The van der Waals surface area contributed by atoms with Crippen molar-refractivity contribution in [3.8, 4) is 0 Å². The van der Waals surface area contributed by atoms with Gasteiger partial charge in [0.2, 0.25) is 5.16 Å². The lowest BCUT2D eigenvalue weighted by molar-refractivity contribution is 0.691. The quantitative estimate of drug-likeness (QED) is 0.463. The topological polar surface area (TPSA) is 34.9 Å². The first-order valence-electron chi connectivity index (χ1n) is 3.28. The van der Waals surface area contributed by atoms with Crippen molar-refractivity contribution in [2.75, 3.05) is 0 Å². The summed E-state index contributed by atoms with van der Waals surface area (Å²) in [7, 11) is -0.935. The van der Waals surface area contributed by atoms with Crippen molar-refractivity contribution in [1.29, 1.82) is 0 Å². The van der Waals surface area contributed by atoms with E-state index in [1.807, 2.05) is 24.3 Å². The first kappa shape index (κ1) is 5.49. The van der Waals surface area contributed by atoms with Gasteiger partial charge in [-0.15, -0.1) is 0 Å². The maximum Gasteiger partial charge on any atom is 0.234 e. The third-order valence-electron chi connectivity index (χ3n) is 1.78. The van der Waals surface area contributed by atoms with Crippen LogP contribution in [0.25, 0.3) is 11.0 Å².